The molecule has 0 N–H and O–H groups in total. The maximum Gasteiger partial charge on any atom is 0.435 e. The molecule has 2 rings (SSSR count). The Morgan fingerprint density at radius 1 is 1.15 bits per heavy atom. The quantitative estimate of drug-likeness (QED) is 0.874. The molecule has 1 aromatic carbocycles. The van der Waals surface area contributed by atoms with Crippen LogP contribution < -0.4 is 0 Å². The topological polar surface area (TPSA) is 52.0 Å². The molecule has 0 spiro atoms. The lowest BCUT2D eigenvalue weighted by Crippen LogP contribution is -2.08. The first-order valence-electron chi connectivity index (χ1n) is 5.56. The van der Waals surface area contributed by atoms with E-state index in [-0.39, 0.29) is 11.4 Å². The highest BCUT2D eigenvalue weighted by Crippen LogP contribution is 2.27. The van der Waals surface area contributed by atoms with Gasteiger partial charge in [-0.3, -0.25) is 4.68 Å². The summed E-state index contributed by atoms with van der Waals surface area (Å²) in [6, 6.07) is 6.82. The molecule has 1 aromatic heterocycles. The Morgan fingerprint density at radius 3 is 2.20 bits per heavy atom. The molecule has 0 aliphatic carbocycles. The summed E-state index contributed by atoms with van der Waals surface area (Å²) >= 11 is 0. The summed E-state index contributed by atoms with van der Waals surface area (Å²) in [6.07, 6.45) is -2.15. The third-order valence-electron chi connectivity index (χ3n) is 2.63. The first kappa shape index (κ1) is 14.6. The van der Waals surface area contributed by atoms with Crippen molar-refractivity contribution in [1.29, 1.82) is 0 Å². The Labute approximate surface area is 113 Å². The van der Waals surface area contributed by atoms with Gasteiger partial charge in [0.1, 0.15) is 0 Å². The van der Waals surface area contributed by atoms with Crippen molar-refractivity contribution < 1.29 is 21.6 Å². The average Bonchev–Trinajstić information content (AvgIpc) is 2.77. The average molecular weight is 304 g/mol. The Hall–Kier alpha value is -1.83. The Morgan fingerprint density at radius 2 is 1.75 bits per heavy atom. The van der Waals surface area contributed by atoms with Crippen molar-refractivity contribution in [2.75, 3.05) is 6.26 Å². The van der Waals surface area contributed by atoms with Gasteiger partial charge in [0.15, 0.2) is 15.5 Å². The van der Waals surface area contributed by atoms with Crippen LogP contribution in [0.25, 0.3) is 0 Å². The highest BCUT2D eigenvalue weighted by Gasteiger charge is 2.33. The minimum Gasteiger partial charge on any atom is -0.268 e. The lowest BCUT2D eigenvalue weighted by atomic mass is 10.2. The van der Waals surface area contributed by atoms with Crippen molar-refractivity contribution in [1.82, 2.24) is 9.78 Å². The zero-order valence-electron chi connectivity index (χ0n) is 10.4. The standard InChI is InChI=1S/C12H11F3N2O2S/c1-20(18,19)10-4-2-9(3-5-10)8-17-7-6-11(16-17)12(13,14)15/h2-7H,8H2,1H3. The summed E-state index contributed by atoms with van der Waals surface area (Å²) in [7, 11) is -3.28. The fraction of sp³-hybridized carbons (Fsp3) is 0.250. The molecule has 8 heteroatoms. The van der Waals surface area contributed by atoms with E-state index in [2.05, 4.69) is 5.10 Å². The van der Waals surface area contributed by atoms with Crippen molar-refractivity contribution >= 4 is 9.84 Å². The lowest BCUT2D eigenvalue weighted by Gasteiger charge is -2.04. The Kier molecular flexibility index (Phi) is 3.59. The normalized spacial score (nSPS) is 12.6. The third-order valence-corrected chi connectivity index (χ3v) is 3.76. The van der Waals surface area contributed by atoms with E-state index < -0.39 is 21.7 Å². The number of sulfone groups is 1. The van der Waals surface area contributed by atoms with E-state index in [1.54, 1.807) is 12.1 Å². The molecule has 2 aromatic rings. The highest BCUT2D eigenvalue weighted by molar-refractivity contribution is 7.90. The third kappa shape index (κ3) is 3.38. The Bertz CT molecular complexity index is 703. The van der Waals surface area contributed by atoms with Gasteiger partial charge in [-0.25, -0.2) is 8.42 Å². The van der Waals surface area contributed by atoms with E-state index in [0.717, 1.165) is 17.0 Å². The number of aromatic nitrogens is 2. The lowest BCUT2D eigenvalue weighted by molar-refractivity contribution is -0.141. The van der Waals surface area contributed by atoms with Crippen LogP contribution >= 0.6 is 0 Å². The summed E-state index contributed by atoms with van der Waals surface area (Å²) in [5, 5.41) is 3.42. The highest BCUT2D eigenvalue weighted by atomic mass is 32.2. The van der Waals surface area contributed by atoms with E-state index >= 15 is 0 Å². The summed E-state index contributed by atoms with van der Waals surface area (Å²) in [5.74, 6) is 0. The number of halogens is 3. The largest absolute Gasteiger partial charge is 0.435 e. The van der Waals surface area contributed by atoms with Crippen LogP contribution in [0.4, 0.5) is 13.2 Å². The maximum absolute atomic E-state index is 12.4. The van der Waals surface area contributed by atoms with Crippen LogP contribution in [0.5, 0.6) is 0 Å². The molecule has 0 radical (unpaired) electrons. The monoisotopic (exact) mass is 304 g/mol. The van der Waals surface area contributed by atoms with Crippen LogP contribution in [0, 0.1) is 0 Å². The van der Waals surface area contributed by atoms with E-state index in [0.29, 0.717) is 5.56 Å². The minimum absolute atomic E-state index is 0.139. The van der Waals surface area contributed by atoms with Gasteiger partial charge in [-0.05, 0) is 23.8 Å². The van der Waals surface area contributed by atoms with Gasteiger partial charge in [0.2, 0.25) is 0 Å². The minimum atomic E-state index is -4.47. The number of hydrogen-bond acceptors (Lipinski definition) is 3. The maximum atomic E-state index is 12.4. The van der Waals surface area contributed by atoms with Gasteiger partial charge in [0, 0.05) is 12.5 Å². The fourth-order valence-corrected chi connectivity index (χ4v) is 2.26. The molecule has 108 valence electrons. The molecule has 20 heavy (non-hydrogen) atoms. The first-order chi connectivity index (χ1) is 9.16. The van der Waals surface area contributed by atoms with Crippen LogP contribution in [-0.2, 0) is 22.6 Å². The molecule has 0 saturated heterocycles. The van der Waals surface area contributed by atoms with Crippen molar-refractivity contribution in [2.45, 2.75) is 17.6 Å². The Balaban J connectivity index is 2.17. The summed E-state index contributed by atoms with van der Waals surface area (Å²) in [5.41, 5.74) is -0.292. The molecule has 1 heterocycles. The predicted octanol–water partition coefficient (Wildman–Crippen LogP) is 2.35. The van der Waals surface area contributed by atoms with Gasteiger partial charge in [-0.1, -0.05) is 12.1 Å². The number of nitrogens with zero attached hydrogens (tertiary/aromatic N) is 2. The number of benzene rings is 1. The van der Waals surface area contributed by atoms with Gasteiger partial charge in [-0.2, -0.15) is 18.3 Å². The molecule has 0 atom stereocenters. The van der Waals surface area contributed by atoms with Gasteiger partial charge < -0.3 is 0 Å². The smallest absolute Gasteiger partial charge is 0.268 e. The number of alkyl halides is 3. The molecular formula is C12H11F3N2O2S. The van der Waals surface area contributed by atoms with E-state index in [1.807, 2.05) is 0 Å². The van der Waals surface area contributed by atoms with Crippen LogP contribution in [0.3, 0.4) is 0 Å². The van der Waals surface area contributed by atoms with E-state index in [4.69, 9.17) is 0 Å². The molecule has 4 nitrogen and oxygen atoms in total. The fourth-order valence-electron chi connectivity index (χ4n) is 1.63. The number of rotatable bonds is 3. The van der Waals surface area contributed by atoms with E-state index in [9.17, 15) is 21.6 Å². The summed E-state index contributed by atoms with van der Waals surface area (Å²) in [4.78, 5) is 0.165. The molecule has 0 unspecified atom stereocenters. The van der Waals surface area contributed by atoms with Crippen molar-refractivity contribution in [2.24, 2.45) is 0 Å². The number of hydrogen-bond donors (Lipinski definition) is 0. The van der Waals surface area contributed by atoms with Crippen molar-refractivity contribution in [3.63, 3.8) is 0 Å². The first-order valence-corrected chi connectivity index (χ1v) is 7.45. The zero-order chi connectivity index (χ0) is 15.0. The molecular weight excluding hydrogens is 293 g/mol. The van der Waals surface area contributed by atoms with Crippen LogP contribution in [0.15, 0.2) is 41.4 Å². The van der Waals surface area contributed by atoms with Crippen molar-refractivity contribution in [3.05, 3.63) is 47.8 Å². The molecule has 0 fully saturated rings. The van der Waals surface area contributed by atoms with Crippen LogP contribution in [0.1, 0.15) is 11.3 Å². The molecule has 0 amide bonds. The van der Waals surface area contributed by atoms with Crippen LogP contribution in [-0.4, -0.2) is 24.5 Å². The molecule has 0 aliphatic heterocycles. The second-order valence-electron chi connectivity index (χ2n) is 4.31. The van der Waals surface area contributed by atoms with E-state index in [1.165, 1.54) is 18.3 Å². The SMILES string of the molecule is CS(=O)(=O)c1ccc(Cn2ccc(C(F)(F)F)n2)cc1. The van der Waals surface area contributed by atoms with Gasteiger partial charge >= 0.3 is 6.18 Å². The molecule has 0 bridgehead atoms. The second-order valence-corrected chi connectivity index (χ2v) is 6.33. The van der Waals surface area contributed by atoms with Gasteiger partial charge in [0.25, 0.3) is 0 Å². The second kappa shape index (κ2) is 4.93. The predicted molar refractivity (Wildman–Crippen MR) is 65.9 cm³/mol. The molecule has 0 aliphatic rings. The van der Waals surface area contributed by atoms with Crippen molar-refractivity contribution in [3.8, 4) is 0 Å². The van der Waals surface area contributed by atoms with Crippen LogP contribution in [0.2, 0.25) is 0 Å². The summed E-state index contributed by atoms with van der Waals surface area (Å²) < 4.78 is 60.8. The molecule has 0 saturated carbocycles. The van der Waals surface area contributed by atoms with Gasteiger partial charge in [0.05, 0.1) is 11.4 Å². The van der Waals surface area contributed by atoms with Gasteiger partial charge in [-0.15, -0.1) is 0 Å². The zero-order valence-corrected chi connectivity index (χ0v) is 11.2. The summed E-state index contributed by atoms with van der Waals surface area (Å²) in [6.45, 7) is 0.139.